The Hall–Kier alpha value is -0.820. The summed E-state index contributed by atoms with van der Waals surface area (Å²) in [6.07, 6.45) is 1.12. The van der Waals surface area contributed by atoms with Gasteiger partial charge in [0, 0.05) is 12.0 Å². The molecule has 0 fully saturated rings. The zero-order valence-corrected chi connectivity index (χ0v) is 9.72. The Kier molecular flexibility index (Phi) is 3.70. The largest absolute Gasteiger partial charge is 0.319 e. The molecule has 1 nitrogen and oxygen atoms in total. The highest BCUT2D eigenvalue weighted by Gasteiger charge is 2.18. The predicted molar refractivity (Wildman–Crippen MR) is 62.8 cm³/mol. The Morgan fingerprint density at radius 2 is 1.71 bits per heavy atom. The van der Waals surface area contributed by atoms with Crippen LogP contribution < -0.4 is 5.32 Å². The quantitative estimate of drug-likeness (QED) is 0.771. The Morgan fingerprint density at radius 3 is 2.14 bits per heavy atom. The molecule has 0 heterocycles. The van der Waals surface area contributed by atoms with Crippen molar-refractivity contribution in [2.45, 2.75) is 32.6 Å². The van der Waals surface area contributed by atoms with Crippen LogP contribution in [-0.4, -0.2) is 13.6 Å². The topological polar surface area (TPSA) is 12.0 Å². The second kappa shape index (κ2) is 4.61. The Bertz CT molecular complexity index is 272. The van der Waals surface area contributed by atoms with E-state index in [1.807, 2.05) is 7.05 Å². The molecular weight excluding hydrogens is 170 g/mol. The molecule has 1 aromatic carbocycles. The van der Waals surface area contributed by atoms with E-state index in [4.69, 9.17) is 0 Å². The smallest absolute Gasteiger partial charge is 0.00401 e. The van der Waals surface area contributed by atoms with Crippen LogP contribution >= 0.6 is 0 Å². The van der Waals surface area contributed by atoms with Crippen LogP contribution in [-0.2, 0) is 11.8 Å². The van der Waals surface area contributed by atoms with E-state index in [1.165, 1.54) is 11.1 Å². The molecule has 0 aliphatic rings. The first kappa shape index (κ1) is 11.3. The molecule has 0 radical (unpaired) electrons. The van der Waals surface area contributed by atoms with Gasteiger partial charge in [-0.1, -0.05) is 45.0 Å². The maximum absolute atomic E-state index is 3.24. The van der Waals surface area contributed by atoms with Crippen molar-refractivity contribution in [2.75, 3.05) is 13.6 Å². The number of hydrogen-bond donors (Lipinski definition) is 1. The molecule has 0 spiro atoms. The molecule has 78 valence electrons. The van der Waals surface area contributed by atoms with Crippen LogP contribution in [0.2, 0.25) is 0 Å². The normalized spacial score (nSPS) is 11.7. The highest BCUT2D eigenvalue weighted by Crippen LogP contribution is 2.22. The van der Waals surface area contributed by atoms with E-state index >= 15 is 0 Å². The summed E-state index contributed by atoms with van der Waals surface area (Å²) in [6.45, 7) is 7.74. The van der Waals surface area contributed by atoms with Crippen molar-refractivity contribution < 1.29 is 0 Å². The molecule has 0 saturated heterocycles. The van der Waals surface area contributed by atoms with Gasteiger partial charge in [-0.05, 0) is 24.6 Å². The predicted octanol–water partition coefficient (Wildman–Crippen LogP) is 2.75. The second-order valence-corrected chi connectivity index (χ2v) is 4.46. The minimum absolute atomic E-state index is 0.223. The SMILES string of the molecule is CCc1ccc(C(C)(C)CNC)cc1. The van der Waals surface area contributed by atoms with Gasteiger partial charge in [0.25, 0.3) is 0 Å². The zero-order chi connectivity index (χ0) is 10.6. The summed E-state index contributed by atoms with van der Waals surface area (Å²) >= 11 is 0. The molecule has 0 aromatic heterocycles. The van der Waals surface area contributed by atoms with E-state index in [0.717, 1.165) is 13.0 Å². The fourth-order valence-corrected chi connectivity index (χ4v) is 1.74. The van der Waals surface area contributed by atoms with Crippen LogP contribution in [0, 0.1) is 0 Å². The molecule has 1 aromatic rings. The number of likely N-dealkylation sites (N-methyl/N-ethyl adjacent to an activating group) is 1. The van der Waals surface area contributed by atoms with Crippen molar-refractivity contribution >= 4 is 0 Å². The van der Waals surface area contributed by atoms with Crippen molar-refractivity contribution in [2.24, 2.45) is 0 Å². The number of hydrogen-bond acceptors (Lipinski definition) is 1. The molecule has 1 rings (SSSR count). The zero-order valence-electron chi connectivity index (χ0n) is 9.72. The summed E-state index contributed by atoms with van der Waals surface area (Å²) in [5.74, 6) is 0. The summed E-state index contributed by atoms with van der Waals surface area (Å²) < 4.78 is 0. The summed E-state index contributed by atoms with van der Waals surface area (Å²) in [6, 6.07) is 8.95. The lowest BCUT2D eigenvalue weighted by Gasteiger charge is -2.25. The third-order valence-corrected chi connectivity index (χ3v) is 2.76. The summed E-state index contributed by atoms with van der Waals surface area (Å²) in [5, 5.41) is 3.24. The van der Waals surface area contributed by atoms with Gasteiger partial charge in [-0.3, -0.25) is 0 Å². The highest BCUT2D eigenvalue weighted by molar-refractivity contribution is 5.28. The maximum Gasteiger partial charge on any atom is 0.00401 e. The average molecular weight is 191 g/mol. The molecular formula is C13H21N. The second-order valence-electron chi connectivity index (χ2n) is 4.46. The molecule has 0 aliphatic carbocycles. The van der Waals surface area contributed by atoms with Gasteiger partial charge in [-0.15, -0.1) is 0 Å². The number of aryl methyl sites for hydroxylation is 1. The van der Waals surface area contributed by atoms with Crippen LogP contribution in [0.4, 0.5) is 0 Å². The lowest BCUT2D eigenvalue weighted by atomic mass is 9.84. The van der Waals surface area contributed by atoms with Crippen molar-refractivity contribution in [3.8, 4) is 0 Å². The van der Waals surface area contributed by atoms with Crippen LogP contribution in [0.3, 0.4) is 0 Å². The van der Waals surface area contributed by atoms with Gasteiger partial charge >= 0.3 is 0 Å². The average Bonchev–Trinajstić information content (AvgIpc) is 2.18. The van der Waals surface area contributed by atoms with Gasteiger partial charge in [-0.2, -0.15) is 0 Å². The minimum Gasteiger partial charge on any atom is -0.319 e. The molecule has 0 amide bonds. The first-order valence-electron chi connectivity index (χ1n) is 5.34. The van der Waals surface area contributed by atoms with E-state index < -0.39 is 0 Å². The maximum atomic E-state index is 3.24. The molecule has 14 heavy (non-hydrogen) atoms. The molecule has 0 bridgehead atoms. The molecule has 1 N–H and O–H groups in total. The molecule has 0 aliphatic heterocycles. The molecule has 0 saturated carbocycles. The monoisotopic (exact) mass is 191 g/mol. The third kappa shape index (κ3) is 2.58. The van der Waals surface area contributed by atoms with Crippen molar-refractivity contribution in [1.29, 1.82) is 0 Å². The van der Waals surface area contributed by atoms with E-state index in [0.29, 0.717) is 0 Å². The Labute approximate surface area is 87.5 Å². The van der Waals surface area contributed by atoms with Gasteiger partial charge in [0.2, 0.25) is 0 Å². The first-order valence-corrected chi connectivity index (χ1v) is 5.34. The lowest BCUT2D eigenvalue weighted by molar-refractivity contribution is 0.494. The summed E-state index contributed by atoms with van der Waals surface area (Å²) in [5.41, 5.74) is 3.04. The van der Waals surface area contributed by atoms with E-state index in [2.05, 4.69) is 50.4 Å². The van der Waals surface area contributed by atoms with Gasteiger partial charge in [0.05, 0.1) is 0 Å². The van der Waals surface area contributed by atoms with Crippen molar-refractivity contribution in [1.82, 2.24) is 5.32 Å². The molecule has 0 atom stereocenters. The number of benzene rings is 1. The standard InChI is InChI=1S/C13H21N/c1-5-11-6-8-12(9-7-11)13(2,3)10-14-4/h6-9,14H,5,10H2,1-4H3. The molecule has 1 heteroatoms. The van der Waals surface area contributed by atoms with E-state index in [-0.39, 0.29) is 5.41 Å². The minimum atomic E-state index is 0.223. The van der Waals surface area contributed by atoms with Crippen LogP contribution in [0.25, 0.3) is 0 Å². The first-order chi connectivity index (χ1) is 6.60. The molecule has 0 unspecified atom stereocenters. The van der Waals surface area contributed by atoms with Crippen LogP contribution in [0.1, 0.15) is 31.9 Å². The van der Waals surface area contributed by atoms with Gasteiger partial charge < -0.3 is 5.32 Å². The fourth-order valence-electron chi connectivity index (χ4n) is 1.74. The Balaban J connectivity index is 2.85. The van der Waals surface area contributed by atoms with Crippen LogP contribution in [0.15, 0.2) is 24.3 Å². The van der Waals surface area contributed by atoms with Crippen molar-refractivity contribution in [3.63, 3.8) is 0 Å². The Morgan fingerprint density at radius 1 is 1.14 bits per heavy atom. The fraction of sp³-hybridized carbons (Fsp3) is 0.538. The van der Waals surface area contributed by atoms with E-state index in [1.54, 1.807) is 0 Å². The van der Waals surface area contributed by atoms with Gasteiger partial charge in [0.1, 0.15) is 0 Å². The number of nitrogens with one attached hydrogen (secondary N) is 1. The van der Waals surface area contributed by atoms with Gasteiger partial charge in [-0.25, -0.2) is 0 Å². The van der Waals surface area contributed by atoms with Crippen molar-refractivity contribution in [3.05, 3.63) is 35.4 Å². The highest BCUT2D eigenvalue weighted by atomic mass is 14.8. The summed E-state index contributed by atoms with van der Waals surface area (Å²) in [7, 11) is 2.00. The van der Waals surface area contributed by atoms with Gasteiger partial charge in [0.15, 0.2) is 0 Å². The van der Waals surface area contributed by atoms with Crippen LogP contribution in [0.5, 0.6) is 0 Å². The third-order valence-electron chi connectivity index (χ3n) is 2.76. The summed E-state index contributed by atoms with van der Waals surface area (Å²) in [4.78, 5) is 0. The lowest BCUT2D eigenvalue weighted by Crippen LogP contribution is -2.30. The number of rotatable bonds is 4. The van der Waals surface area contributed by atoms with E-state index in [9.17, 15) is 0 Å².